The maximum absolute atomic E-state index is 5.71. The second-order valence-corrected chi connectivity index (χ2v) is 5.98. The van der Waals surface area contributed by atoms with Crippen molar-refractivity contribution in [2.24, 2.45) is 5.73 Å². The molecule has 0 unspecified atom stereocenters. The zero-order valence-electron chi connectivity index (χ0n) is 11.9. The molecule has 0 fully saturated rings. The lowest BCUT2D eigenvalue weighted by Gasteiger charge is -2.07. The predicted octanol–water partition coefficient (Wildman–Crippen LogP) is 3.48. The highest BCUT2D eigenvalue weighted by molar-refractivity contribution is 7.99. The van der Waals surface area contributed by atoms with Gasteiger partial charge in [0.2, 0.25) is 0 Å². The van der Waals surface area contributed by atoms with Crippen LogP contribution in [0.4, 0.5) is 0 Å². The van der Waals surface area contributed by atoms with E-state index in [-0.39, 0.29) is 0 Å². The molecule has 0 spiro atoms. The lowest BCUT2D eigenvalue weighted by Crippen LogP contribution is -2.04. The number of hydrogen-bond acceptors (Lipinski definition) is 3. The zero-order valence-corrected chi connectivity index (χ0v) is 12.7. The van der Waals surface area contributed by atoms with Gasteiger partial charge < -0.3 is 10.5 Å². The fourth-order valence-electron chi connectivity index (χ4n) is 2.20. The van der Waals surface area contributed by atoms with Crippen LogP contribution in [-0.4, -0.2) is 31.3 Å². The van der Waals surface area contributed by atoms with Crippen LogP contribution in [0.2, 0.25) is 0 Å². The third-order valence-electron chi connectivity index (χ3n) is 3.26. The molecule has 0 amide bonds. The van der Waals surface area contributed by atoms with Crippen LogP contribution in [0.3, 0.4) is 0 Å². The molecular weight excluding hydrogens is 266 g/mol. The van der Waals surface area contributed by atoms with E-state index in [2.05, 4.69) is 42.5 Å². The number of benzene rings is 2. The minimum Gasteiger partial charge on any atom is -0.380 e. The van der Waals surface area contributed by atoms with Crippen LogP contribution in [0, 0.1) is 0 Å². The molecule has 0 aliphatic heterocycles. The molecule has 0 aliphatic carbocycles. The molecule has 20 heavy (non-hydrogen) atoms. The van der Waals surface area contributed by atoms with Crippen LogP contribution < -0.4 is 5.73 Å². The Morgan fingerprint density at radius 2 is 1.80 bits per heavy atom. The van der Waals surface area contributed by atoms with Crippen molar-refractivity contribution in [2.45, 2.75) is 12.8 Å². The van der Waals surface area contributed by atoms with E-state index in [9.17, 15) is 0 Å². The van der Waals surface area contributed by atoms with Crippen molar-refractivity contribution in [1.82, 2.24) is 0 Å². The first kappa shape index (κ1) is 15.4. The van der Waals surface area contributed by atoms with E-state index in [1.54, 1.807) is 0 Å². The molecule has 0 saturated heterocycles. The van der Waals surface area contributed by atoms with Gasteiger partial charge in [0.25, 0.3) is 0 Å². The monoisotopic (exact) mass is 289 g/mol. The summed E-state index contributed by atoms with van der Waals surface area (Å²) in [7, 11) is 0. The molecule has 0 saturated carbocycles. The SMILES string of the molecule is NCCCSCCOCCc1cccc2ccccc12. The van der Waals surface area contributed by atoms with Crippen LogP contribution >= 0.6 is 11.8 Å². The summed E-state index contributed by atoms with van der Waals surface area (Å²) in [5.41, 5.74) is 6.83. The number of nitrogens with two attached hydrogens (primary N) is 1. The summed E-state index contributed by atoms with van der Waals surface area (Å²) < 4.78 is 5.71. The Bertz CT molecular complexity index is 510. The smallest absolute Gasteiger partial charge is 0.0556 e. The van der Waals surface area contributed by atoms with E-state index in [0.717, 1.165) is 44.1 Å². The molecular formula is C17H23NOS. The van der Waals surface area contributed by atoms with E-state index in [0.29, 0.717) is 0 Å². The molecule has 108 valence electrons. The fourth-order valence-corrected chi connectivity index (χ4v) is 3.01. The average molecular weight is 289 g/mol. The number of rotatable bonds is 9. The number of fused-ring (bicyclic) bond motifs is 1. The maximum atomic E-state index is 5.71. The Balaban J connectivity index is 1.71. The van der Waals surface area contributed by atoms with Crippen LogP contribution in [0.15, 0.2) is 42.5 Å². The van der Waals surface area contributed by atoms with Crippen molar-refractivity contribution in [3.63, 3.8) is 0 Å². The summed E-state index contributed by atoms with van der Waals surface area (Å²) in [6.45, 7) is 2.42. The van der Waals surface area contributed by atoms with Crippen LogP contribution in [0.5, 0.6) is 0 Å². The van der Waals surface area contributed by atoms with Crippen molar-refractivity contribution in [3.05, 3.63) is 48.0 Å². The van der Waals surface area contributed by atoms with E-state index in [4.69, 9.17) is 10.5 Å². The molecule has 0 heterocycles. The van der Waals surface area contributed by atoms with Crippen molar-refractivity contribution < 1.29 is 4.74 Å². The molecule has 0 bridgehead atoms. The van der Waals surface area contributed by atoms with Crippen LogP contribution in [0.1, 0.15) is 12.0 Å². The Kier molecular flexibility index (Phi) is 6.92. The summed E-state index contributed by atoms with van der Waals surface area (Å²) >= 11 is 1.92. The Morgan fingerprint density at radius 3 is 2.70 bits per heavy atom. The highest BCUT2D eigenvalue weighted by Crippen LogP contribution is 2.18. The molecule has 0 radical (unpaired) electrons. The first-order valence-corrected chi connectivity index (χ1v) is 8.39. The van der Waals surface area contributed by atoms with Gasteiger partial charge in [-0.05, 0) is 41.5 Å². The van der Waals surface area contributed by atoms with Gasteiger partial charge >= 0.3 is 0 Å². The quantitative estimate of drug-likeness (QED) is 0.718. The molecule has 2 nitrogen and oxygen atoms in total. The predicted molar refractivity (Wildman–Crippen MR) is 89.5 cm³/mol. The van der Waals surface area contributed by atoms with Crippen LogP contribution in [0.25, 0.3) is 10.8 Å². The third kappa shape index (κ3) is 4.82. The lowest BCUT2D eigenvalue weighted by molar-refractivity contribution is 0.153. The van der Waals surface area contributed by atoms with Gasteiger partial charge in [-0.2, -0.15) is 11.8 Å². The highest BCUT2D eigenvalue weighted by atomic mass is 32.2. The van der Waals surface area contributed by atoms with Crippen molar-refractivity contribution in [1.29, 1.82) is 0 Å². The van der Waals surface area contributed by atoms with E-state index in [1.165, 1.54) is 16.3 Å². The second-order valence-electron chi connectivity index (χ2n) is 4.76. The molecule has 2 N–H and O–H groups in total. The van der Waals surface area contributed by atoms with Crippen molar-refractivity contribution in [3.8, 4) is 0 Å². The summed E-state index contributed by atoms with van der Waals surface area (Å²) in [5.74, 6) is 2.21. The number of hydrogen-bond donors (Lipinski definition) is 1. The molecule has 2 aromatic rings. The fraction of sp³-hybridized carbons (Fsp3) is 0.412. The number of ether oxygens (including phenoxy) is 1. The standard InChI is InChI=1S/C17H23NOS/c18-10-4-13-20-14-12-19-11-9-16-7-3-6-15-5-1-2-8-17(15)16/h1-3,5-8H,4,9-14,18H2. The van der Waals surface area contributed by atoms with Crippen LogP contribution in [-0.2, 0) is 11.2 Å². The van der Waals surface area contributed by atoms with Gasteiger partial charge in [0.05, 0.1) is 13.2 Å². The Morgan fingerprint density at radius 1 is 0.950 bits per heavy atom. The molecule has 0 atom stereocenters. The minimum absolute atomic E-state index is 0.787. The van der Waals surface area contributed by atoms with Gasteiger partial charge in [0.1, 0.15) is 0 Å². The van der Waals surface area contributed by atoms with Gasteiger partial charge in [-0.25, -0.2) is 0 Å². The summed E-state index contributed by atoms with van der Waals surface area (Å²) in [5, 5.41) is 2.65. The van der Waals surface area contributed by atoms with Gasteiger partial charge in [-0.1, -0.05) is 42.5 Å². The molecule has 3 heteroatoms. The van der Waals surface area contributed by atoms with E-state index < -0.39 is 0 Å². The molecule has 2 aromatic carbocycles. The van der Waals surface area contributed by atoms with Gasteiger partial charge in [0, 0.05) is 5.75 Å². The van der Waals surface area contributed by atoms with Gasteiger partial charge in [0.15, 0.2) is 0 Å². The Labute approximate surface area is 125 Å². The normalized spacial score (nSPS) is 11.1. The topological polar surface area (TPSA) is 35.2 Å². The third-order valence-corrected chi connectivity index (χ3v) is 4.29. The first-order valence-electron chi connectivity index (χ1n) is 7.24. The van der Waals surface area contributed by atoms with E-state index >= 15 is 0 Å². The molecule has 0 aliphatic rings. The number of thioether (sulfide) groups is 1. The van der Waals surface area contributed by atoms with Crippen molar-refractivity contribution in [2.75, 3.05) is 31.3 Å². The van der Waals surface area contributed by atoms with E-state index in [1.807, 2.05) is 11.8 Å². The first-order chi connectivity index (χ1) is 9.92. The largest absolute Gasteiger partial charge is 0.380 e. The molecule has 2 rings (SSSR count). The molecule has 0 aromatic heterocycles. The van der Waals surface area contributed by atoms with Crippen molar-refractivity contribution >= 4 is 22.5 Å². The van der Waals surface area contributed by atoms with Gasteiger partial charge in [-0.3, -0.25) is 0 Å². The van der Waals surface area contributed by atoms with Gasteiger partial charge in [-0.15, -0.1) is 0 Å². The summed E-state index contributed by atoms with van der Waals surface area (Å²) in [6, 6.07) is 15.0. The maximum Gasteiger partial charge on any atom is 0.0556 e. The summed E-state index contributed by atoms with van der Waals surface area (Å²) in [4.78, 5) is 0. The average Bonchev–Trinajstić information content (AvgIpc) is 2.50. The second kappa shape index (κ2) is 9.01. The lowest BCUT2D eigenvalue weighted by atomic mass is 10.0. The minimum atomic E-state index is 0.787. The summed E-state index contributed by atoms with van der Waals surface area (Å²) in [6.07, 6.45) is 2.08. The zero-order chi connectivity index (χ0) is 14.0. The Hall–Kier alpha value is -1.03. The highest BCUT2D eigenvalue weighted by Gasteiger charge is 2.00.